The molecule has 0 aromatic heterocycles. The lowest BCUT2D eigenvalue weighted by Crippen LogP contribution is -2.45. The summed E-state index contributed by atoms with van der Waals surface area (Å²) in [5.74, 6) is 2.23. The van der Waals surface area contributed by atoms with E-state index in [1.54, 1.807) is 14.2 Å². The molecule has 0 bridgehead atoms. The Labute approximate surface area is 128 Å². The summed E-state index contributed by atoms with van der Waals surface area (Å²) < 4.78 is 16.5. The molecule has 1 aromatic carbocycles. The van der Waals surface area contributed by atoms with Gasteiger partial charge in [0.25, 0.3) is 0 Å². The van der Waals surface area contributed by atoms with Crippen LogP contribution >= 0.6 is 0 Å². The van der Waals surface area contributed by atoms with Gasteiger partial charge in [-0.15, -0.1) is 0 Å². The first-order valence-electron chi connectivity index (χ1n) is 7.50. The van der Waals surface area contributed by atoms with E-state index in [1.165, 1.54) is 0 Å². The Morgan fingerprint density at radius 1 is 1.00 bits per heavy atom. The second-order valence-corrected chi connectivity index (χ2v) is 6.23. The zero-order valence-electron chi connectivity index (χ0n) is 14.2. The Morgan fingerprint density at radius 2 is 1.52 bits per heavy atom. The Balaban J connectivity index is 2.74. The molecule has 1 aromatic rings. The van der Waals surface area contributed by atoms with Gasteiger partial charge in [-0.3, -0.25) is 0 Å². The highest BCUT2D eigenvalue weighted by Gasteiger charge is 2.24. The molecule has 4 nitrogen and oxygen atoms in total. The van der Waals surface area contributed by atoms with Crippen molar-refractivity contribution in [1.29, 1.82) is 0 Å². The Bertz CT molecular complexity index is 404. The van der Waals surface area contributed by atoms with Crippen molar-refractivity contribution in [3.8, 4) is 17.2 Å². The predicted molar refractivity (Wildman–Crippen MR) is 86.6 cm³/mol. The average molecular weight is 295 g/mol. The van der Waals surface area contributed by atoms with Crippen LogP contribution in [0.5, 0.6) is 17.2 Å². The topological polar surface area (TPSA) is 39.7 Å². The van der Waals surface area contributed by atoms with E-state index >= 15 is 0 Å². The minimum atomic E-state index is 0.137. The van der Waals surface area contributed by atoms with Crippen molar-refractivity contribution >= 4 is 0 Å². The summed E-state index contributed by atoms with van der Waals surface area (Å²) in [4.78, 5) is 0. The van der Waals surface area contributed by atoms with Crippen molar-refractivity contribution < 1.29 is 14.2 Å². The van der Waals surface area contributed by atoms with E-state index in [4.69, 9.17) is 14.2 Å². The third-order valence-electron chi connectivity index (χ3n) is 3.43. The van der Waals surface area contributed by atoms with Crippen molar-refractivity contribution in [2.45, 2.75) is 40.2 Å². The molecule has 0 fully saturated rings. The minimum absolute atomic E-state index is 0.137. The minimum Gasteiger partial charge on any atom is -0.496 e. The Hall–Kier alpha value is -1.42. The smallest absolute Gasteiger partial charge is 0.126 e. The van der Waals surface area contributed by atoms with Gasteiger partial charge in [0.05, 0.1) is 14.2 Å². The summed E-state index contributed by atoms with van der Waals surface area (Å²) in [5.41, 5.74) is 0.137. The molecule has 1 N–H and O–H groups in total. The SMILES string of the molecule is CCCNC(COc1cc(OC)cc(OC)c1)C(C)(C)C. The van der Waals surface area contributed by atoms with E-state index in [1.807, 2.05) is 18.2 Å². The largest absolute Gasteiger partial charge is 0.496 e. The molecule has 0 aliphatic rings. The first-order chi connectivity index (χ1) is 9.90. The van der Waals surface area contributed by atoms with Crippen LogP contribution < -0.4 is 19.5 Å². The molecule has 0 aliphatic carbocycles. The first kappa shape index (κ1) is 17.6. The van der Waals surface area contributed by atoms with Crippen LogP contribution in [0.3, 0.4) is 0 Å². The maximum atomic E-state index is 5.95. The highest BCUT2D eigenvalue weighted by Crippen LogP contribution is 2.28. The van der Waals surface area contributed by atoms with Crippen molar-refractivity contribution in [2.75, 3.05) is 27.4 Å². The molecule has 0 aliphatic heterocycles. The van der Waals surface area contributed by atoms with Crippen LogP contribution in [0.15, 0.2) is 18.2 Å². The van der Waals surface area contributed by atoms with Crippen molar-refractivity contribution in [1.82, 2.24) is 5.32 Å². The summed E-state index contributed by atoms with van der Waals surface area (Å²) in [5, 5.41) is 3.55. The van der Waals surface area contributed by atoms with Crippen LogP contribution in [-0.2, 0) is 0 Å². The van der Waals surface area contributed by atoms with E-state index in [0.29, 0.717) is 6.61 Å². The fourth-order valence-corrected chi connectivity index (χ4v) is 1.98. The predicted octanol–water partition coefficient (Wildman–Crippen LogP) is 3.50. The van der Waals surface area contributed by atoms with Gasteiger partial charge in [-0.1, -0.05) is 27.7 Å². The van der Waals surface area contributed by atoms with Gasteiger partial charge >= 0.3 is 0 Å². The molecule has 1 rings (SSSR count). The Morgan fingerprint density at radius 3 is 1.95 bits per heavy atom. The molecular weight excluding hydrogens is 266 g/mol. The zero-order valence-corrected chi connectivity index (χ0v) is 14.2. The first-order valence-corrected chi connectivity index (χ1v) is 7.50. The number of hydrogen-bond donors (Lipinski definition) is 1. The number of benzene rings is 1. The normalized spacial score (nSPS) is 12.9. The van der Waals surface area contributed by atoms with Gasteiger partial charge < -0.3 is 19.5 Å². The second-order valence-electron chi connectivity index (χ2n) is 6.23. The Kier molecular flexibility index (Phi) is 6.82. The molecule has 0 saturated carbocycles. The highest BCUT2D eigenvalue weighted by molar-refractivity contribution is 5.42. The van der Waals surface area contributed by atoms with Gasteiger partial charge in [-0.05, 0) is 18.4 Å². The van der Waals surface area contributed by atoms with Crippen LogP contribution in [0.25, 0.3) is 0 Å². The van der Waals surface area contributed by atoms with E-state index in [0.717, 1.165) is 30.2 Å². The number of methoxy groups -OCH3 is 2. The molecule has 120 valence electrons. The number of nitrogens with one attached hydrogen (secondary N) is 1. The van der Waals surface area contributed by atoms with Gasteiger partial charge in [0.1, 0.15) is 23.9 Å². The lowest BCUT2D eigenvalue weighted by atomic mass is 9.87. The summed E-state index contributed by atoms with van der Waals surface area (Å²) in [7, 11) is 3.28. The molecule has 1 unspecified atom stereocenters. The van der Waals surface area contributed by atoms with Crippen LogP contribution in [0, 0.1) is 5.41 Å². The van der Waals surface area contributed by atoms with Gasteiger partial charge in [-0.25, -0.2) is 0 Å². The maximum Gasteiger partial charge on any atom is 0.126 e. The molecule has 0 heterocycles. The molecule has 21 heavy (non-hydrogen) atoms. The van der Waals surface area contributed by atoms with Crippen LogP contribution in [0.4, 0.5) is 0 Å². The summed E-state index contributed by atoms with van der Waals surface area (Å²) >= 11 is 0. The van der Waals surface area contributed by atoms with Gasteiger partial charge in [0.15, 0.2) is 0 Å². The zero-order chi connectivity index (χ0) is 15.9. The second kappa shape index (κ2) is 8.13. The maximum absolute atomic E-state index is 5.95. The van der Waals surface area contributed by atoms with Crippen LogP contribution in [0.2, 0.25) is 0 Å². The molecular formula is C17H29NO3. The standard InChI is InChI=1S/C17H29NO3/c1-7-8-18-16(17(2,3)4)12-21-15-10-13(19-5)9-14(11-15)20-6/h9-11,16,18H,7-8,12H2,1-6H3. The van der Waals surface area contributed by atoms with Crippen molar-refractivity contribution in [3.63, 3.8) is 0 Å². The van der Waals surface area contributed by atoms with Gasteiger partial charge in [-0.2, -0.15) is 0 Å². The van der Waals surface area contributed by atoms with Crippen LogP contribution in [0.1, 0.15) is 34.1 Å². The molecule has 4 heteroatoms. The quantitative estimate of drug-likeness (QED) is 0.797. The monoisotopic (exact) mass is 295 g/mol. The highest BCUT2D eigenvalue weighted by atomic mass is 16.5. The average Bonchev–Trinajstić information content (AvgIpc) is 2.45. The van der Waals surface area contributed by atoms with E-state index in [9.17, 15) is 0 Å². The number of rotatable bonds is 8. The molecule has 0 radical (unpaired) electrons. The summed E-state index contributed by atoms with van der Waals surface area (Å²) in [6.45, 7) is 10.4. The molecule has 1 atom stereocenters. The summed E-state index contributed by atoms with van der Waals surface area (Å²) in [6, 6.07) is 5.88. The van der Waals surface area contributed by atoms with Gasteiger partial charge in [0.2, 0.25) is 0 Å². The molecule has 0 amide bonds. The third kappa shape index (κ3) is 5.84. The molecule has 0 spiro atoms. The molecule has 0 saturated heterocycles. The van der Waals surface area contributed by atoms with Gasteiger partial charge in [0, 0.05) is 24.2 Å². The van der Waals surface area contributed by atoms with Crippen LogP contribution in [-0.4, -0.2) is 33.4 Å². The lowest BCUT2D eigenvalue weighted by molar-refractivity contribution is 0.173. The lowest BCUT2D eigenvalue weighted by Gasteiger charge is -2.31. The van der Waals surface area contributed by atoms with E-state index in [2.05, 4.69) is 33.0 Å². The fourth-order valence-electron chi connectivity index (χ4n) is 1.98. The third-order valence-corrected chi connectivity index (χ3v) is 3.43. The van der Waals surface area contributed by atoms with E-state index in [-0.39, 0.29) is 11.5 Å². The van der Waals surface area contributed by atoms with Crippen molar-refractivity contribution in [3.05, 3.63) is 18.2 Å². The fraction of sp³-hybridized carbons (Fsp3) is 0.647. The number of ether oxygens (including phenoxy) is 3. The number of hydrogen-bond acceptors (Lipinski definition) is 4. The van der Waals surface area contributed by atoms with Crippen molar-refractivity contribution in [2.24, 2.45) is 5.41 Å². The van der Waals surface area contributed by atoms with E-state index < -0.39 is 0 Å². The summed E-state index contributed by atoms with van der Waals surface area (Å²) in [6.07, 6.45) is 1.11.